The molecule has 0 aliphatic rings. The van der Waals surface area contributed by atoms with Crippen molar-refractivity contribution >= 4 is 17.8 Å². The van der Waals surface area contributed by atoms with Gasteiger partial charge in [0.05, 0.1) is 11.1 Å². The Bertz CT molecular complexity index is 1050. The molecular formula is C20H18N4O4. The standard InChI is InChI=1S/C20H18N4O4/c1-13-6-7-14(2)23(13)17-10-8-15(9-11-17)20(26)22-21-12-16-4-3-5-18(19(16)25)24(27)28/h3-12,25H,1-2H3,(H,22,26)/b21-12-. The van der Waals surface area contributed by atoms with Gasteiger partial charge < -0.3 is 9.67 Å². The van der Waals surface area contributed by atoms with Crippen LogP contribution in [0.15, 0.2) is 59.7 Å². The summed E-state index contributed by atoms with van der Waals surface area (Å²) in [6, 6.07) is 15.1. The molecule has 0 radical (unpaired) electrons. The molecule has 1 heterocycles. The van der Waals surface area contributed by atoms with Gasteiger partial charge in [0.15, 0.2) is 0 Å². The van der Waals surface area contributed by atoms with Gasteiger partial charge in [-0.25, -0.2) is 5.43 Å². The topological polar surface area (TPSA) is 110 Å². The largest absolute Gasteiger partial charge is 0.502 e. The number of amides is 1. The van der Waals surface area contributed by atoms with Gasteiger partial charge in [0, 0.05) is 34.3 Å². The summed E-state index contributed by atoms with van der Waals surface area (Å²) in [7, 11) is 0. The molecule has 8 heteroatoms. The SMILES string of the molecule is Cc1ccc(C)n1-c1ccc(C(=O)N/N=C\c2cccc([N+](=O)[O-])c2O)cc1. The minimum absolute atomic E-state index is 0.128. The van der Waals surface area contributed by atoms with E-state index in [0.717, 1.165) is 23.3 Å². The number of hydrogen-bond acceptors (Lipinski definition) is 5. The molecule has 0 saturated heterocycles. The van der Waals surface area contributed by atoms with Gasteiger partial charge in [0.25, 0.3) is 5.91 Å². The normalized spacial score (nSPS) is 10.9. The van der Waals surface area contributed by atoms with Crippen LogP contribution in [0.4, 0.5) is 5.69 Å². The molecule has 0 bridgehead atoms. The van der Waals surface area contributed by atoms with Crippen LogP contribution in [0.25, 0.3) is 5.69 Å². The number of carbonyl (C=O) groups excluding carboxylic acids is 1. The Labute approximate surface area is 160 Å². The number of phenolic OH excluding ortho intramolecular Hbond substituents is 1. The van der Waals surface area contributed by atoms with Crippen LogP contribution < -0.4 is 5.43 Å². The van der Waals surface area contributed by atoms with Crippen molar-refractivity contribution in [2.24, 2.45) is 5.10 Å². The summed E-state index contributed by atoms with van der Waals surface area (Å²) in [5.41, 5.74) is 5.58. The Morgan fingerprint density at radius 2 is 1.75 bits per heavy atom. The summed E-state index contributed by atoms with van der Waals surface area (Å²) in [6.07, 6.45) is 1.15. The Kier molecular flexibility index (Phi) is 5.21. The first-order valence-corrected chi connectivity index (χ1v) is 8.43. The molecule has 0 atom stereocenters. The van der Waals surface area contributed by atoms with Crippen LogP contribution in [0.1, 0.15) is 27.3 Å². The van der Waals surface area contributed by atoms with Gasteiger partial charge in [-0.2, -0.15) is 5.10 Å². The molecule has 0 spiro atoms. The van der Waals surface area contributed by atoms with E-state index in [0.29, 0.717) is 5.56 Å². The third kappa shape index (κ3) is 3.75. The summed E-state index contributed by atoms with van der Waals surface area (Å²) in [6.45, 7) is 4.01. The number of nitrogens with zero attached hydrogens (tertiary/aromatic N) is 3. The average molecular weight is 378 g/mol. The number of hydrazone groups is 1. The number of nitrogens with one attached hydrogen (secondary N) is 1. The van der Waals surface area contributed by atoms with E-state index in [2.05, 4.69) is 15.1 Å². The number of aromatic nitrogens is 1. The lowest BCUT2D eigenvalue weighted by Gasteiger charge is -2.10. The summed E-state index contributed by atoms with van der Waals surface area (Å²) < 4.78 is 2.07. The van der Waals surface area contributed by atoms with Crippen LogP contribution in [0, 0.1) is 24.0 Å². The van der Waals surface area contributed by atoms with Crippen molar-refractivity contribution in [3.05, 3.63) is 87.2 Å². The van der Waals surface area contributed by atoms with Crippen LogP contribution in [-0.4, -0.2) is 26.7 Å². The zero-order chi connectivity index (χ0) is 20.3. The molecule has 0 aliphatic heterocycles. The second kappa shape index (κ2) is 7.75. The lowest BCUT2D eigenvalue weighted by atomic mass is 10.2. The monoisotopic (exact) mass is 378 g/mol. The van der Waals surface area contributed by atoms with E-state index in [1.807, 2.05) is 38.1 Å². The van der Waals surface area contributed by atoms with E-state index in [4.69, 9.17) is 0 Å². The van der Waals surface area contributed by atoms with Crippen LogP contribution in [0.3, 0.4) is 0 Å². The molecule has 2 aromatic carbocycles. The first-order valence-electron chi connectivity index (χ1n) is 8.43. The number of phenols is 1. The van der Waals surface area contributed by atoms with Gasteiger partial charge in [-0.3, -0.25) is 14.9 Å². The summed E-state index contributed by atoms with van der Waals surface area (Å²) >= 11 is 0. The minimum atomic E-state index is -0.693. The number of para-hydroxylation sites is 1. The highest BCUT2D eigenvalue weighted by atomic mass is 16.6. The second-order valence-electron chi connectivity index (χ2n) is 6.17. The molecule has 2 N–H and O–H groups in total. The van der Waals surface area contributed by atoms with Crippen molar-refractivity contribution in [3.63, 3.8) is 0 Å². The van der Waals surface area contributed by atoms with E-state index in [1.54, 1.807) is 12.1 Å². The fraction of sp³-hybridized carbons (Fsp3) is 0.100. The molecule has 142 valence electrons. The highest BCUT2D eigenvalue weighted by molar-refractivity contribution is 5.95. The van der Waals surface area contributed by atoms with Gasteiger partial charge in [-0.15, -0.1) is 0 Å². The van der Waals surface area contributed by atoms with Crippen molar-refractivity contribution in [3.8, 4) is 11.4 Å². The van der Waals surface area contributed by atoms with Crippen molar-refractivity contribution < 1.29 is 14.8 Å². The lowest BCUT2D eigenvalue weighted by molar-refractivity contribution is -0.385. The number of rotatable bonds is 5. The molecule has 0 aliphatic carbocycles. The van der Waals surface area contributed by atoms with Crippen LogP contribution in [-0.2, 0) is 0 Å². The number of aryl methyl sites for hydroxylation is 2. The van der Waals surface area contributed by atoms with Crippen molar-refractivity contribution in [1.82, 2.24) is 9.99 Å². The van der Waals surface area contributed by atoms with Gasteiger partial charge >= 0.3 is 5.69 Å². The number of nitro groups is 1. The maximum Gasteiger partial charge on any atom is 0.311 e. The Morgan fingerprint density at radius 1 is 1.11 bits per heavy atom. The maximum atomic E-state index is 12.2. The third-order valence-corrected chi connectivity index (χ3v) is 4.27. The summed E-state index contributed by atoms with van der Waals surface area (Å²) in [5.74, 6) is -0.944. The van der Waals surface area contributed by atoms with Crippen molar-refractivity contribution in [1.29, 1.82) is 0 Å². The first-order chi connectivity index (χ1) is 13.4. The molecule has 8 nitrogen and oxygen atoms in total. The molecule has 3 rings (SSSR count). The molecule has 0 unspecified atom stereocenters. The zero-order valence-electron chi connectivity index (χ0n) is 15.3. The average Bonchev–Trinajstić information content (AvgIpc) is 3.01. The number of hydrogen-bond donors (Lipinski definition) is 2. The van der Waals surface area contributed by atoms with Crippen LogP contribution in [0.2, 0.25) is 0 Å². The van der Waals surface area contributed by atoms with Gasteiger partial charge in [-0.05, 0) is 56.3 Å². The van der Waals surface area contributed by atoms with Gasteiger partial charge in [-0.1, -0.05) is 6.07 Å². The molecule has 28 heavy (non-hydrogen) atoms. The summed E-state index contributed by atoms with van der Waals surface area (Å²) in [5, 5.41) is 24.5. The van der Waals surface area contributed by atoms with Crippen molar-refractivity contribution in [2.75, 3.05) is 0 Å². The number of nitro benzene ring substituents is 1. The molecule has 1 aromatic heterocycles. The van der Waals surface area contributed by atoms with E-state index in [1.165, 1.54) is 18.2 Å². The molecule has 0 fully saturated rings. The molecule has 3 aromatic rings. The Morgan fingerprint density at radius 3 is 2.36 bits per heavy atom. The first kappa shape index (κ1) is 18.8. The predicted octanol–water partition coefficient (Wildman–Crippen LogP) is 3.47. The highest BCUT2D eigenvalue weighted by Crippen LogP contribution is 2.27. The van der Waals surface area contributed by atoms with Gasteiger partial charge in [0.1, 0.15) is 0 Å². The van der Waals surface area contributed by atoms with E-state index >= 15 is 0 Å². The van der Waals surface area contributed by atoms with Gasteiger partial charge in [0.2, 0.25) is 5.75 Å². The quantitative estimate of drug-likeness (QED) is 0.402. The smallest absolute Gasteiger partial charge is 0.311 e. The Hall–Kier alpha value is -3.94. The van der Waals surface area contributed by atoms with E-state index < -0.39 is 22.3 Å². The molecular weight excluding hydrogens is 360 g/mol. The fourth-order valence-electron chi connectivity index (χ4n) is 2.86. The lowest BCUT2D eigenvalue weighted by Crippen LogP contribution is -2.17. The zero-order valence-corrected chi connectivity index (χ0v) is 15.3. The number of benzene rings is 2. The maximum absolute atomic E-state index is 12.2. The van der Waals surface area contributed by atoms with Crippen LogP contribution in [0.5, 0.6) is 5.75 Å². The predicted molar refractivity (Wildman–Crippen MR) is 105 cm³/mol. The number of aromatic hydroxyl groups is 1. The van der Waals surface area contributed by atoms with E-state index in [9.17, 15) is 20.0 Å². The fourth-order valence-corrected chi connectivity index (χ4v) is 2.86. The minimum Gasteiger partial charge on any atom is -0.502 e. The van der Waals surface area contributed by atoms with Crippen LogP contribution >= 0.6 is 0 Å². The molecule has 0 saturated carbocycles. The Balaban J connectivity index is 1.71. The second-order valence-corrected chi connectivity index (χ2v) is 6.17. The third-order valence-electron chi connectivity index (χ3n) is 4.27. The molecule has 1 amide bonds. The summed E-state index contributed by atoms with van der Waals surface area (Å²) in [4.78, 5) is 22.4. The number of carbonyl (C=O) groups is 1. The van der Waals surface area contributed by atoms with E-state index in [-0.39, 0.29) is 5.56 Å². The highest BCUT2D eigenvalue weighted by Gasteiger charge is 2.15. The van der Waals surface area contributed by atoms with Crippen molar-refractivity contribution in [2.45, 2.75) is 13.8 Å².